The molecule has 0 aliphatic carbocycles. The van der Waals surface area contributed by atoms with Gasteiger partial charge in [-0.15, -0.1) is 0 Å². The summed E-state index contributed by atoms with van der Waals surface area (Å²) in [4.78, 5) is 25.1. The van der Waals surface area contributed by atoms with Crippen LogP contribution in [0.4, 0.5) is 22.7 Å². The molecule has 0 bridgehead atoms. The number of piperazine rings is 1. The van der Waals surface area contributed by atoms with Crippen molar-refractivity contribution in [3.8, 4) is 0 Å². The fourth-order valence-electron chi connectivity index (χ4n) is 2.89. The summed E-state index contributed by atoms with van der Waals surface area (Å²) in [7, 11) is 0. The molecule has 0 spiro atoms. The van der Waals surface area contributed by atoms with Gasteiger partial charge in [-0.1, -0.05) is 11.6 Å². The lowest BCUT2D eigenvalue weighted by Gasteiger charge is -2.37. The summed E-state index contributed by atoms with van der Waals surface area (Å²) < 4.78 is 0. The lowest BCUT2D eigenvalue weighted by atomic mass is 10.2. The lowest BCUT2D eigenvalue weighted by Crippen LogP contribution is -2.46. The molecule has 0 unspecified atom stereocenters. The van der Waals surface area contributed by atoms with Gasteiger partial charge in [-0.3, -0.25) is 20.2 Å². The number of non-ortho nitro benzene ring substituents is 1. The first-order valence-electron chi connectivity index (χ1n) is 7.64. The number of nitro benzene ring substituents is 2. The van der Waals surface area contributed by atoms with Crippen LogP contribution in [0.3, 0.4) is 0 Å². The molecule has 130 valence electrons. The average molecular weight is 363 g/mol. The van der Waals surface area contributed by atoms with E-state index in [1.807, 2.05) is 4.90 Å². The molecule has 1 saturated heterocycles. The molecule has 2 aromatic rings. The van der Waals surface area contributed by atoms with Crippen LogP contribution >= 0.6 is 11.6 Å². The van der Waals surface area contributed by atoms with Gasteiger partial charge < -0.3 is 9.80 Å². The van der Waals surface area contributed by atoms with Crippen LogP contribution in [-0.4, -0.2) is 36.0 Å². The van der Waals surface area contributed by atoms with Gasteiger partial charge >= 0.3 is 0 Å². The van der Waals surface area contributed by atoms with Crippen molar-refractivity contribution in [3.05, 3.63) is 67.7 Å². The first-order valence-corrected chi connectivity index (χ1v) is 8.02. The maximum atomic E-state index is 11.2. The number of hydrogen-bond acceptors (Lipinski definition) is 6. The lowest BCUT2D eigenvalue weighted by molar-refractivity contribution is -0.384. The Balaban J connectivity index is 1.73. The van der Waals surface area contributed by atoms with Crippen molar-refractivity contribution in [1.82, 2.24) is 0 Å². The number of nitrogens with zero attached hydrogens (tertiary/aromatic N) is 4. The van der Waals surface area contributed by atoms with Crippen molar-refractivity contribution in [3.63, 3.8) is 0 Å². The molecule has 0 N–H and O–H groups in total. The maximum Gasteiger partial charge on any atom is 0.292 e. The second kappa shape index (κ2) is 6.94. The van der Waals surface area contributed by atoms with Gasteiger partial charge in [-0.05, 0) is 24.3 Å². The summed E-state index contributed by atoms with van der Waals surface area (Å²) in [5.41, 5.74) is 1.50. The molecule has 0 aromatic heterocycles. The quantitative estimate of drug-likeness (QED) is 0.610. The minimum Gasteiger partial charge on any atom is -0.368 e. The van der Waals surface area contributed by atoms with E-state index in [1.54, 1.807) is 18.2 Å². The summed E-state index contributed by atoms with van der Waals surface area (Å²) >= 11 is 5.99. The zero-order valence-electron chi connectivity index (χ0n) is 13.2. The third-order valence-electron chi connectivity index (χ3n) is 4.18. The van der Waals surface area contributed by atoms with Gasteiger partial charge in [0.05, 0.1) is 9.85 Å². The summed E-state index contributed by atoms with van der Waals surface area (Å²) in [6, 6.07) is 10.9. The van der Waals surface area contributed by atoms with Crippen LogP contribution in [0.5, 0.6) is 0 Å². The largest absolute Gasteiger partial charge is 0.368 e. The molecule has 1 fully saturated rings. The Morgan fingerprint density at radius 1 is 0.840 bits per heavy atom. The molecule has 2 aromatic carbocycles. The third kappa shape index (κ3) is 3.63. The van der Waals surface area contributed by atoms with Crippen molar-refractivity contribution in [1.29, 1.82) is 0 Å². The first-order chi connectivity index (χ1) is 12.0. The standard InChI is InChI=1S/C16H15ClN4O4/c17-12-1-6-15(21(24)25)16(11-12)19-9-7-18(8-10-19)13-2-4-14(5-3-13)20(22)23/h1-6,11H,7-10H2. The van der Waals surface area contributed by atoms with Crippen LogP contribution in [0.2, 0.25) is 5.02 Å². The van der Waals surface area contributed by atoms with Gasteiger partial charge in [0.15, 0.2) is 0 Å². The molecule has 0 atom stereocenters. The van der Waals surface area contributed by atoms with Crippen molar-refractivity contribution in [2.45, 2.75) is 0 Å². The first kappa shape index (κ1) is 17.0. The molecule has 8 nitrogen and oxygen atoms in total. The molecule has 1 aliphatic rings. The molecular formula is C16H15ClN4O4. The molecule has 3 rings (SSSR count). The Bertz CT molecular complexity index is 804. The van der Waals surface area contributed by atoms with Crippen LogP contribution in [0, 0.1) is 20.2 Å². The van der Waals surface area contributed by atoms with E-state index >= 15 is 0 Å². The van der Waals surface area contributed by atoms with Gasteiger partial charge in [0.2, 0.25) is 0 Å². The SMILES string of the molecule is O=[N+]([O-])c1ccc(N2CCN(c3cc(Cl)ccc3[N+](=O)[O-])CC2)cc1. The maximum absolute atomic E-state index is 11.2. The number of nitro groups is 2. The van der Waals surface area contributed by atoms with Crippen LogP contribution in [0.1, 0.15) is 0 Å². The van der Waals surface area contributed by atoms with Gasteiger partial charge in [0.1, 0.15) is 5.69 Å². The van der Waals surface area contributed by atoms with E-state index in [4.69, 9.17) is 11.6 Å². The molecule has 0 saturated carbocycles. The molecular weight excluding hydrogens is 348 g/mol. The second-order valence-electron chi connectivity index (χ2n) is 5.64. The zero-order valence-corrected chi connectivity index (χ0v) is 13.9. The number of hydrogen-bond donors (Lipinski definition) is 0. The number of rotatable bonds is 4. The van der Waals surface area contributed by atoms with E-state index in [-0.39, 0.29) is 11.4 Å². The number of anilines is 2. The van der Waals surface area contributed by atoms with Crippen LogP contribution in [0.15, 0.2) is 42.5 Å². The van der Waals surface area contributed by atoms with Crippen molar-refractivity contribution < 1.29 is 9.85 Å². The smallest absolute Gasteiger partial charge is 0.292 e. The average Bonchev–Trinajstić information content (AvgIpc) is 2.61. The fraction of sp³-hybridized carbons (Fsp3) is 0.250. The Kier molecular flexibility index (Phi) is 4.71. The predicted molar refractivity (Wildman–Crippen MR) is 95.6 cm³/mol. The van der Waals surface area contributed by atoms with Crippen molar-refractivity contribution in [2.75, 3.05) is 36.0 Å². The highest BCUT2D eigenvalue weighted by Gasteiger charge is 2.24. The van der Waals surface area contributed by atoms with Gasteiger partial charge in [0.25, 0.3) is 11.4 Å². The molecule has 25 heavy (non-hydrogen) atoms. The van der Waals surface area contributed by atoms with E-state index in [0.717, 1.165) is 5.69 Å². The zero-order chi connectivity index (χ0) is 18.0. The Morgan fingerprint density at radius 3 is 2.00 bits per heavy atom. The van der Waals surface area contributed by atoms with E-state index in [9.17, 15) is 20.2 Å². The summed E-state index contributed by atoms with van der Waals surface area (Å²) in [5.74, 6) is 0. The normalized spacial score (nSPS) is 14.4. The monoisotopic (exact) mass is 362 g/mol. The summed E-state index contributed by atoms with van der Waals surface area (Å²) in [6.07, 6.45) is 0. The fourth-order valence-corrected chi connectivity index (χ4v) is 3.06. The molecule has 1 aliphatic heterocycles. The van der Waals surface area contributed by atoms with E-state index < -0.39 is 9.85 Å². The highest BCUT2D eigenvalue weighted by molar-refractivity contribution is 6.31. The van der Waals surface area contributed by atoms with Crippen LogP contribution in [-0.2, 0) is 0 Å². The van der Waals surface area contributed by atoms with E-state index in [2.05, 4.69) is 4.90 Å². The minimum atomic E-state index is -0.431. The minimum absolute atomic E-state index is 0.0354. The Morgan fingerprint density at radius 2 is 1.44 bits per heavy atom. The molecule has 9 heteroatoms. The Hall–Kier alpha value is -2.87. The Labute approximate surface area is 148 Å². The van der Waals surface area contributed by atoms with Gasteiger partial charge in [-0.2, -0.15) is 0 Å². The van der Waals surface area contributed by atoms with Crippen molar-refractivity contribution in [2.24, 2.45) is 0 Å². The number of halogens is 1. The van der Waals surface area contributed by atoms with Crippen LogP contribution < -0.4 is 9.80 Å². The van der Waals surface area contributed by atoms with Gasteiger partial charge in [0, 0.05) is 55.1 Å². The number of benzene rings is 2. The van der Waals surface area contributed by atoms with Crippen molar-refractivity contribution >= 4 is 34.4 Å². The van der Waals surface area contributed by atoms with E-state index in [0.29, 0.717) is 36.9 Å². The molecule has 0 radical (unpaired) electrons. The molecule has 1 heterocycles. The topological polar surface area (TPSA) is 92.8 Å². The summed E-state index contributed by atoms with van der Waals surface area (Å²) in [5, 5.41) is 22.4. The highest BCUT2D eigenvalue weighted by Crippen LogP contribution is 2.32. The van der Waals surface area contributed by atoms with Crippen LogP contribution in [0.25, 0.3) is 0 Å². The van der Waals surface area contributed by atoms with Gasteiger partial charge in [-0.25, -0.2) is 0 Å². The predicted octanol–water partition coefficient (Wildman–Crippen LogP) is 3.48. The second-order valence-corrected chi connectivity index (χ2v) is 6.07. The van der Waals surface area contributed by atoms with E-state index in [1.165, 1.54) is 24.3 Å². The highest BCUT2D eigenvalue weighted by atomic mass is 35.5. The third-order valence-corrected chi connectivity index (χ3v) is 4.42. The summed E-state index contributed by atoms with van der Waals surface area (Å²) in [6.45, 7) is 2.50. The molecule has 0 amide bonds.